The molecule has 0 saturated heterocycles. The summed E-state index contributed by atoms with van der Waals surface area (Å²) in [5.41, 5.74) is 7.07. The van der Waals surface area contributed by atoms with E-state index < -0.39 is 0 Å². The van der Waals surface area contributed by atoms with Crippen LogP contribution < -0.4 is 11.1 Å². The third-order valence-corrected chi connectivity index (χ3v) is 3.79. The number of nitrogen functional groups attached to an aromatic ring is 1. The van der Waals surface area contributed by atoms with Crippen molar-refractivity contribution in [1.29, 1.82) is 0 Å². The van der Waals surface area contributed by atoms with Gasteiger partial charge in [-0.15, -0.1) is 16.4 Å². The van der Waals surface area contributed by atoms with E-state index in [1.165, 1.54) is 11.3 Å². The van der Waals surface area contributed by atoms with Crippen LogP contribution in [0.25, 0.3) is 10.2 Å². The lowest BCUT2D eigenvalue weighted by Crippen LogP contribution is -2.23. The number of hydrogen-bond acceptors (Lipinski definition) is 7. The summed E-state index contributed by atoms with van der Waals surface area (Å²) in [7, 11) is 0. The van der Waals surface area contributed by atoms with Gasteiger partial charge in [-0.25, -0.2) is 0 Å². The third-order valence-electron chi connectivity index (χ3n) is 2.68. The molecule has 3 N–H and O–H groups in total. The molecule has 3 aromatic heterocycles. The Morgan fingerprint density at radius 1 is 1.25 bits per heavy atom. The number of carbonyl (C=O) groups is 1. The fraction of sp³-hybridized carbons (Fsp3) is 0.0833. The highest BCUT2D eigenvalue weighted by molar-refractivity contribution is 7.21. The highest BCUT2D eigenvalue weighted by Crippen LogP contribution is 2.31. The number of fused-ring (bicyclic) bond motifs is 1. The minimum Gasteiger partial charge on any atom is -0.397 e. The lowest BCUT2D eigenvalue weighted by atomic mass is 10.3. The van der Waals surface area contributed by atoms with Gasteiger partial charge in [-0.1, -0.05) is 0 Å². The van der Waals surface area contributed by atoms with Crippen molar-refractivity contribution < 1.29 is 4.79 Å². The average molecular weight is 286 g/mol. The molecule has 0 aliphatic heterocycles. The first-order valence-corrected chi connectivity index (χ1v) is 6.62. The third kappa shape index (κ3) is 2.28. The number of aromatic nitrogens is 4. The number of nitrogens with one attached hydrogen (secondary N) is 1. The van der Waals surface area contributed by atoms with Crippen LogP contribution in [0, 0.1) is 0 Å². The molecule has 0 aromatic carbocycles. The van der Waals surface area contributed by atoms with Gasteiger partial charge in [0.05, 0.1) is 24.1 Å². The maximum Gasteiger partial charge on any atom is 0.263 e. The maximum absolute atomic E-state index is 12.1. The van der Waals surface area contributed by atoms with E-state index in [1.54, 1.807) is 30.6 Å². The smallest absolute Gasteiger partial charge is 0.263 e. The number of anilines is 1. The Balaban J connectivity index is 1.81. The zero-order valence-corrected chi connectivity index (χ0v) is 11.1. The molecule has 3 aromatic rings. The fourth-order valence-electron chi connectivity index (χ4n) is 1.72. The van der Waals surface area contributed by atoms with Crippen LogP contribution in [0.3, 0.4) is 0 Å². The van der Waals surface area contributed by atoms with Gasteiger partial charge in [0.25, 0.3) is 5.91 Å². The predicted octanol–water partition coefficient (Wildman–Crippen LogP) is 0.993. The second-order valence-electron chi connectivity index (χ2n) is 3.99. The molecule has 7 nitrogen and oxygen atoms in total. The van der Waals surface area contributed by atoms with E-state index in [2.05, 4.69) is 25.7 Å². The quantitative estimate of drug-likeness (QED) is 0.743. The van der Waals surface area contributed by atoms with E-state index >= 15 is 0 Å². The summed E-state index contributed by atoms with van der Waals surface area (Å²) in [6.45, 7) is 0.298. The van der Waals surface area contributed by atoms with Crippen LogP contribution in [0.1, 0.15) is 15.4 Å². The van der Waals surface area contributed by atoms with Gasteiger partial charge in [0.1, 0.15) is 9.71 Å². The fourth-order valence-corrected chi connectivity index (χ4v) is 2.67. The second-order valence-corrected chi connectivity index (χ2v) is 4.99. The molecule has 1 amide bonds. The van der Waals surface area contributed by atoms with E-state index in [0.717, 1.165) is 5.39 Å². The first kappa shape index (κ1) is 12.4. The molecule has 0 radical (unpaired) electrons. The van der Waals surface area contributed by atoms with Crippen molar-refractivity contribution in [2.45, 2.75) is 6.54 Å². The number of carbonyl (C=O) groups excluding carboxylic acids is 1. The van der Waals surface area contributed by atoms with E-state index in [0.29, 0.717) is 27.6 Å². The van der Waals surface area contributed by atoms with Gasteiger partial charge in [-0.2, -0.15) is 15.3 Å². The van der Waals surface area contributed by atoms with E-state index in [1.807, 2.05) is 0 Å². The minimum absolute atomic E-state index is 0.254. The number of nitrogens with zero attached hydrogens (tertiary/aromatic N) is 4. The second kappa shape index (κ2) is 5.17. The molecule has 20 heavy (non-hydrogen) atoms. The molecule has 0 aliphatic rings. The molecule has 0 atom stereocenters. The number of rotatable bonds is 3. The van der Waals surface area contributed by atoms with Crippen molar-refractivity contribution in [3.05, 3.63) is 41.2 Å². The standard InChI is InChI=1S/C12H10N6OS/c13-9-8-3-5-16-18-12(8)20-10(9)11(19)14-6-7-2-1-4-15-17-7/h1-5H,6,13H2,(H,14,19). The predicted molar refractivity (Wildman–Crippen MR) is 75.0 cm³/mol. The summed E-state index contributed by atoms with van der Waals surface area (Å²) in [4.78, 5) is 13.2. The van der Waals surface area contributed by atoms with E-state index in [4.69, 9.17) is 5.73 Å². The van der Waals surface area contributed by atoms with E-state index in [-0.39, 0.29) is 5.91 Å². The molecule has 0 spiro atoms. The Bertz CT molecular complexity index is 757. The first-order valence-electron chi connectivity index (χ1n) is 5.80. The summed E-state index contributed by atoms with van der Waals surface area (Å²) in [6, 6.07) is 5.29. The zero-order valence-electron chi connectivity index (χ0n) is 10.3. The molecule has 0 aliphatic carbocycles. The van der Waals surface area contributed by atoms with E-state index in [9.17, 15) is 4.79 Å². The van der Waals surface area contributed by atoms with Gasteiger partial charge in [0.2, 0.25) is 0 Å². The Kier molecular flexibility index (Phi) is 3.21. The molecular weight excluding hydrogens is 276 g/mol. The van der Waals surface area contributed by atoms with Gasteiger partial charge in [0, 0.05) is 11.6 Å². The van der Waals surface area contributed by atoms with Crippen LogP contribution in [0.5, 0.6) is 0 Å². The number of amides is 1. The summed E-state index contributed by atoms with van der Waals surface area (Å²) in [5, 5.41) is 18.9. The molecule has 100 valence electrons. The van der Waals surface area contributed by atoms with Gasteiger partial charge in [-0.05, 0) is 18.2 Å². The molecule has 8 heteroatoms. The lowest BCUT2D eigenvalue weighted by molar-refractivity contribution is 0.0955. The summed E-state index contributed by atoms with van der Waals surface area (Å²) in [5.74, 6) is -0.254. The average Bonchev–Trinajstić information content (AvgIpc) is 2.84. The van der Waals surface area contributed by atoms with Crippen LogP contribution in [-0.4, -0.2) is 26.3 Å². The van der Waals surface area contributed by atoms with Crippen molar-refractivity contribution in [2.75, 3.05) is 5.73 Å². The number of hydrogen-bond donors (Lipinski definition) is 2. The van der Waals surface area contributed by atoms with Crippen LogP contribution in [0.15, 0.2) is 30.6 Å². The molecule has 3 heterocycles. The summed E-state index contributed by atoms with van der Waals surface area (Å²) in [6.07, 6.45) is 3.13. The van der Waals surface area contributed by atoms with Crippen LogP contribution in [0.4, 0.5) is 5.69 Å². The first-order chi connectivity index (χ1) is 9.75. The number of nitrogens with two attached hydrogens (primary N) is 1. The van der Waals surface area contributed by atoms with Crippen LogP contribution >= 0.6 is 11.3 Å². The van der Waals surface area contributed by atoms with Crippen LogP contribution in [-0.2, 0) is 6.54 Å². The molecule has 0 bridgehead atoms. The number of thiophene rings is 1. The monoisotopic (exact) mass is 286 g/mol. The highest BCUT2D eigenvalue weighted by Gasteiger charge is 2.16. The van der Waals surface area contributed by atoms with Crippen molar-refractivity contribution in [1.82, 2.24) is 25.7 Å². The lowest BCUT2D eigenvalue weighted by Gasteiger charge is -2.03. The molecule has 3 rings (SSSR count). The van der Waals surface area contributed by atoms with Gasteiger partial charge >= 0.3 is 0 Å². The largest absolute Gasteiger partial charge is 0.397 e. The highest BCUT2D eigenvalue weighted by atomic mass is 32.1. The van der Waals surface area contributed by atoms with Gasteiger partial charge in [-0.3, -0.25) is 4.79 Å². The van der Waals surface area contributed by atoms with Crippen molar-refractivity contribution in [3.8, 4) is 0 Å². The molecule has 0 fully saturated rings. The van der Waals surface area contributed by atoms with Crippen molar-refractivity contribution in [3.63, 3.8) is 0 Å². The molecule has 0 saturated carbocycles. The van der Waals surface area contributed by atoms with Crippen LogP contribution in [0.2, 0.25) is 0 Å². The van der Waals surface area contributed by atoms with Gasteiger partial charge in [0.15, 0.2) is 0 Å². The van der Waals surface area contributed by atoms with Gasteiger partial charge < -0.3 is 11.1 Å². The zero-order chi connectivity index (χ0) is 13.9. The van der Waals surface area contributed by atoms with Crippen molar-refractivity contribution >= 4 is 33.1 Å². The molecule has 0 unspecified atom stereocenters. The Labute approximate surface area is 117 Å². The van der Waals surface area contributed by atoms with Crippen molar-refractivity contribution in [2.24, 2.45) is 0 Å². The summed E-state index contributed by atoms with van der Waals surface area (Å²) >= 11 is 1.22. The summed E-state index contributed by atoms with van der Waals surface area (Å²) < 4.78 is 0. The Hall–Kier alpha value is -2.61. The molecular formula is C12H10N6OS. The minimum atomic E-state index is -0.254. The Morgan fingerprint density at radius 3 is 2.85 bits per heavy atom. The Morgan fingerprint density at radius 2 is 2.10 bits per heavy atom. The maximum atomic E-state index is 12.1. The topological polar surface area (TPSA) is 107 Å². The normalized spacial score (nSPS) is 10.6. The SMILES string of the molecule is Nc1c(C(=O)NCc2cccnn2)sc2nnccc12.